The average molecular weight is 460 g/mol. The van der Waals surface area contributed by atoms with Gasteiger partial charge in [-0.1, -0.05) is 47.5 Å². The van der Waals surface area contributed by atoms with E-state index < -0.39 is 17.4 Å². The van der Waals surface area contributed by atoms with Crippen molar-refractivity contribution < 1.29 is 14.3 Å². The van der Waals surface area contributed by atoms with Crippen molar-refractivity contribution in [2.75, 3.05) is 13.2 Å². The minimum atomic E-state index is -0.725. The number of aromatic nitrogens is 1. The SMILES string of the molecule is CC(C(=O)N=O)c1ccc(C2(NC(=O)c3cc4c(Cl)c(Cl)ccc4n3C)COC2)cc1. The average Bonchev–Trinajstić information content (AvgIpc) is 3.09. The second kappa shape index (κ2) is 8.07. The zero-order valence-corrected chi connectivity index (χ0v) is 18.3. The maximum Gasteiger partial charge on any atom is 0.293 e. The summed E-state index contributed by atoms with van der Waals surface area (Å²) in [5.41, 5.74) is 2.07. The molecule has 0 spiro atoms. The van der Waals surface area contributed by atoms with Gasteiger partial charge in [0.2, 0.25) is 0 Å². The number of hydrogen-bond acceptors (Lipinski definition) is 4. The minimum Gasteiger partial charge on any atom is -0.376 e. The first-order valence-electron chi connectivity index (χ1n) is 9.59. The van der Waals surface area contributed by atoms with Crippen LogP contribution in [0.3, 0.4) is 0 Å². The fourth-order valence-electron chi connectivity index (χ4n) is 3.78. The standard InChI is InChI=1S/C22H19Cl2N3O4/c1-12(20(28)26-30)13-3-5-14(6-4-13)22(10-31-11-22)25-21(29)18-9-15-17(27(18)2)8-7-16(23)19(15)24/h3-9,12H,10-11H2,1-2H3,(H,25,29). The van der Waals surface area contributed by atoms with E-state index in [1.165, 1.54) is 0 Å². The molecule has 0 radical (unpaired) electrons. The molecule has 3 aromatic rings. The highest BCUT2D eigenvalue weighted by Gasteiger charge is 2.42. The van der Waals surface area contributed by atoms with Gasteiger partial charge in [0.1, 0.15) is 11.2 Å². The molecule has 0 bridgehead atoms. The molecule has 0 aliphatic carbocycles. The molecular weight excluding hydrogens is 441 g/mol. The first-order chi connectivity index (χ1) is 14.8. The summed E-state index contributed by atoms with van der Waals surface area (Å²) in [7, 11) is 1.79. The van der Waals surface area contributed by atoms with Crippen LogP contribution in [-0.2, 0) is 22.1 Å². The second-order valence-corrected chi connectivity index (χ2v) is 8.47. The van der Waals surface area contributed by atoms with Crippen molar-refractivity contribution in [1.29, 1.82) is 0 Å². The van der Waals surface area contributed by atoms with Gasteiger partial charge in [0.25, 0.3) is 11.8 Å². The van der Waals surface area contributed by atoms with Gasteiger partial charge in [-0.05, 0) is 36.2 Å². The zero-order chi connectivity index (χ0) is 22.3. The summed E-state index contributed by atoms with van der Waals surface area (Å²) in [6, 6.07) is 12.4. The van der Waals surface area contributed by atoms with Crippen molar-refractivity contribution >= 4 is 45.9 Å². The molecule has 31 heavy (non-hydrogen) atoms. The van der Waals surface area contributed by atoms with Crippen LogP contribution in [0.4, 0.5) is 0 Å². The van der Waals surface area contributed by atoms with Gasteiger partial charge >= 0.3 is 0 Å². The molecule has 4 rings (SSSR count). The predicted octanol–water partition coefficient (Wildman–Crippen LogP) is 4.54. The largest absolute Gasteiger partial charge is 0.376 e. The molecule has 1 aliphatic rings. The molecule has 1 saturated heterocycles. The summed E-state index contributed by atoms with van der Waals surface area (Å²) in [5, 5.41) is 7.10. The number of carbonyl (C=O) groups excluding carboxylic acids is 2. The monoisotopic (exact) mass is 459 g/mol. The molecule has 160 valence electrons. The van der Waals surface area contributed by atoms with Crippen molar-refractivity contribution in [3.63, 3.8) is 0 Å². The van der Waals surface area contributed by atoms with E-state index in [9.17, 15) is 14.5 Å². The van der Waals surface area contributed by atoms with E-state index in [1.807, 2.05) is 18.2 Å². The number of carbonyl (C=O) groups is 2. The van der Waals surface area contributed by atoms with E-state index in [1.54, 1.807) is 42.8 Å². The van der Waals surface area contributed by atoms with Gasteiger partial charge in [-0.25, -0.2) is 0 Å². The number of amides is 2. The number of nitrogens with one attached hydrogen (secondary N) is 1. The van der Waals surface area contributed by atoms with Gasteiger partial charge in [-0.2, -0.15) is 0 Å². The van der Waals surface area contributed by atoms with E-state index in [0.29, 0.717) is 39.9 Å². The van der Waals surface area contributed by atoms with E-state index in [2.05, 4.69) is 10.5 Å². The summed E-state index contributed by atoms with van der Waals surface area (Å²) in [5.74, 6) is -1.62. The Hall–Kier alpha value is -2.74. The van der Waals surface area contributed by atoms with Crippen LogP contribution in [0.15, 0.2) is 47.6 Å². The zero-order valence-electron chi connectivity index (χ0n) is 16.8. The van der Waals surface area contributed by atoms with Crippen LogP contribution in [-0.4, -0.2) is 29.6 Å². The van der Waals surface area contributed by atoms with Crippen LogP contribution in [0, 0.1) is 4.91 Å². The molecule has 1 aliphatic heterocycles. The highest BCUT2D eigenvalue weighted by atomic mass is 35.5. The molecule has 2 amide bonds. The second-order valence-electron chi connectivity index (χ2n) is 7.69. The first-order valence-corrected chi connectivity index (χ1v) is 10.3. The molecule has 0 saturated carbocycles. The lowest BCUT2D eigenvalue weighted by atomic mass is 9.86. The lowest BCUT2D eigenvalue weighted by Gasteiger charge is -2.42. The van der Waals surface area contributed by atoms with Gasteiger partial charge in [0.15, 0.2) is 0 Å². The third-order valence-electron chi connectivity index (χ3n) is 5.82. The van der Waals surface area contributed by atoms with E-state index >= 15 is 0 Å². The molecule has 1 fully saturated rings. The third kappa shape index (κ3) is 3.63. The van der Waals surface area contributed by atoms with E-state index in [4.69, 9.17) is 27.9 Å². The molecule has 2 aromatic carbocycles. The molecule has 7 nitrogen and oxygen atoms in total. The van der Waals surface area contributed by atoms with Crippen molar-refractivity contribution in [3.8, 4) is 0 Å². The smallest absolute Gasteiger partial charge is 0.293 e. The van der Waals surface area contributed by atoms with E-state index in [-0.39, 0.29) is 5.91 Å². The predicted molar refractivity (Wildman–Crippen MR) is 119 cm³/mol. The Morgan fingerprint density at radius 2 is 1.84 bits per heavy atom. The van der Waals surface area contributed by atoms with Gasteiger partial charge < -0.3 is 14.6 Å². The number of fused-ring (bicyclic) bond motifs is 1. The fourth-order valence-corrected chi connectivity index (χ4v) is 4.16. The molecular formula is C22H19Cl2N3O4. The van der Waals surface area contributed by atoms with E-state index in [0.717, 1.165) is 11.1 Å². The van der Waals surface area contributed by atoms with Crippen LogP contribution in [0.2, 0.25) is 10.0 Å². The van der Waals surface area contributed by atoms with Gasteiger partial charge in [-0.3, -0.25) is 9.59 Å². The minimum absolute atomic E-state index is 0.271. The topological polar surface area (TPSA) is 89.8 Å². The highest BCUT2D eigenvalue weighted by molar-refractivity contribution is 6.45. The van der Waals surface area contributed by atoms with Crippen LogP contribution in [0.5, 0.6) is 0 Å². The van der Waals surface area contributed by atoms with Crippen molar-refractivity contribution in [2.45, 2.75) is 18.4 Å². The fraction of sp³-hybridized carbons (Fsp3) is 0.273. The summed E-state index contributed by atoms with van der Waals surface area (Å²) in [6.07, 6.45) is 0. The molecule has 1 unspecified atom stereocenters. The van der Waals surface area contributed by atoms with Crippen LogP contribution >= 0.6 is 23.2 Å². The summed E-state index contributed by atoms with van der Waals surface area (Å²) in [6.45, 7) is 2.26. The number of nitrogens with zero attached hydrogens (tertiary/aromatic N) is 2. The maximum atomic E-state index is 13.2. The Balaban J connectivity index is 1.62. The quantitative estimate of drug-likeness (QED) is 0.567. The number of halogens is 2. The van der Waals surface area contributed by atoms with Crippen LogP contribution in [0.25, 0.3) is 10.9 Å². The number of hydrogen-bond donors (Lipinski definition) is 1. The highest BCUT2D eigenvalue weighted by Crippen LogP contribution is 2.34. The Bertz CT molecular complexity index is 1200. The van der Waals surface area contributed by atoms with Crippen molar-refractivity contribution in [2.24, 2.45) is 12.2 Å². The molecule has 1 N–H and O–H groups in total. The molecule has 1 atom stereocenters. The van der Waals surface area contributed by atoms with Crippen LogP contribution < -0.4 is 5.32 Å². The number of nitroso groups, excluding NO2 is 1. The van der Waals surface area contributed by atoms with Gasteiger partial charge in [-0.15, -0.1) is 4.91 Å². The summed E-state index contributed by atoms with van der Waals surface area (Å²) < 4.78 is 7.18. The third-order valence-corrected chi connectivity index (χ3v) is 6.64. The lowest BCUT2D eigenvalue weighted by molar-refractivity contribution is -0.119. The first kappa shape index (κ1) is 21.5. The molecule has 1 aromatic heterocycles. The number of rotatable bonds is 5. The Labute approximate surface area is 188 Å². The summed E-state index contributed by atoms with van der Waals surface area (Å²) >= 11 is 12.4. The van der Waals surface area contributed by atoms with Crippen molar-refractivity contribution in [3.05, 3.63) is 74.2 Å². The summed E-state index contributed by atoms with van der Waals surface area (Å²) in [4.78, 5) is 35.2. The van der Waals surface area contributed by atoms with Crippen molar-refractivity contribution in [1.82, 2.24) is 9.88 Å². The Kier molecular flexibility index (Phi) is 5.60. The lowest BCUT2D eigenvalue weighted by Crippen LogP contribution is -2.59. The molecule has 2 heterocycles. The van der Waals surface area contributed by atoms with Crippen LogP contribution in [0.1, 0.15) is 34.5 Å². The molecule has 9 heteroatoms. The Morgan fingerprint density at radius 1 is 1.16 bits per heavy atom. The van der Waals surface area contributed by atoms with Gasteiger partial charge in [0.05, 0.1) is 29.2 Å². The Morgan fingerprint density at radius 3 is 2.42 bits per heavy atom. The maximum absolute atomic E-state index is 13.2. The number of aryl methyl sites for hydroxylation is 1. The number of ether oxygens (including phenoxy) is 1. The number of benzene rings is 2. The van der Waals surface area contributed by atoms with Gasteiger partial charge in [0, 0.05) is 23.1 Å². The normalized spacial score (nSPS) is 15.9.